The molecule has 21 heavy (non-hydrogen) atoms. The molecule has 0 spiro atoms. The standard InChI is InChI=1S/C16H18N4O/c1-17-16(21)12-4-6-13(7-5-12)18-19-14-8-10-15(11-9-14)20(2)3/h4-11H,1-3H3,(H,17,21). The molecule has 108 valence electrons. The molecule has 0 atom stereocenters. The quantitative estimate of drug-likeness (QED) is 0.872. The lowest BCUT2D eigenvalue weighted by molar-refractivity contribution is 0.0963. The molecule has 0 saturated heterocycles. The monoisotopic (exact) mass is 282 g/mol. The summed E-state index contributed by atoms with van der Waals surface area (Å²) in [7, 11) is 5.59. The first kappa shape index (κ1) is 14.7. The van der Waals surface area contributed by atoms with Crippen LogP contribution in [0.25, 0.3) is 0 Å². The molecule has 0 heterocycles. The number of carbonyl (C=O) groups is 1. The molecule has 1 N–H and O–H groups in total. The lowest BCUT2D eigenvalue weighted by Crippen LogP contribution is -2.17. The molecule has 0 aliphatic rings. The van der Waals surface area contributed by atoms with Gasteiger partial charge < -0.3 is 10.2 Å². The van der Waals surface area contributed by atoms with Gasteiger partial charge in [0.2, 0.25) is 0 Å². The summed E-state index contributed by atoms with van der Waals surface area (Å²) in [6, 6.07) is 14.8. The fourth-order valence-electron chi connectivity index (χ4n) is 1.76. The maximum absolute atomic E-state index is 11.4. The molecule has 2 aromatic rings. The van der Waals surface area contributed by atoms with Gasteiger partial charge in [0.25, 0.3) is 5.91 Å². The Bertz CT molecular complexity index is 630. The van der Waals surface area contributed by atoms with E-state index in [1.165, 1.54) is 0 Å². The number of anilines is 1. The fraction of sp³-hybridized carbons (Fsp3) is 0.188. The van der Waals surface area contributed by atoms with E-state index in [0.717, 1.165) is 11.4 Å². The minimum Gasteiger partial charge on any atom is -0.378 e. The van der Waals surface area contributed by atoms with Crippen molar-refractivity contribution in [3.8, 4) is 0 Å². The third-order valence-corrected chi connectivity index (χ3v) is 3.00. The molecule has 0 saturated carbocycles. The third kappa shape index (κ3) is 3.89. The van der Waals surface area contributed by atoms with Gasteiger partial charge in [-0.2, -0.15) is 10.2 Å². The Hall–Kier alpha value is -2.69. The Morgan fingerprint density at radius 2 is 1.38 bits per heavy atom. The number of rotatable bonds is 4. The Morgan fingerprint density at radius 3 is 1.81 bits per heavy atom. The second kappa shape index (κ2) is 6.65. The molecule has 5 heteroatoms. The van der Waals surface area contributed by atoms with Gasteiger partial charge in [0.05, 0.1) is 11.4 Å². The first-order chi connectivity index (χ1) is 10.1. The van der Waals surface area contributed by atoms with E-state index in [1.807, 2.05) is 43.3 Å². The third-order valence-electron chi connectivity index (χ3n) is 3.00. The minimum atomic E-state index is -0.113. The molecule has 0 aliphatic carbocycles. The predicted molar refractivity (Wildman–Crippen MR) is 84.8 cm³/mol. The summed E-state index contributed by atoms with van der Waals surface area (Å²) in [5.41, 5.74) is 3.21. The first-order valence-corrected chi connectivity index (χ1v) is 6.61. The Kier molecular flexibility index (Phi) is 4.66. The van der Waals surface area contributed by atoms with Crippen LogP contribution in [0.1, 0.15) is 10.4 Å². The van der Waals surface area contributed by atoms with Gasteiger partial charge in [0.15, 0.2) is 0 Å². The maximum atomic E-state index is 11.4. The van der Waals surface area contributed by atoms with Gasteiger partial charge in [-0.1, -0.05) is 0 Å². The predicted octanol–water partition coefficient (Wildman–Crippen LogP) is 3.53. The number of hydrogen-bond acceptors (Lipinski definition) is 4. The fourth-order valence-corrected chi connectivity index (χ4v) is 1.76. The number of nitrogens with zero attached hydrogens (tertiary/aromatic N) is 3. The molecule has 1 amide bonds. The summed E-state index contributed by atoms with van der Waals surface area (Å²) in [6.45, 7) is 0. The van der Waals surface area contributed by atoms with Crippen LogP contribution >= 0.6 is 0 Å². The van der Waals surface area contributed by atoms with Gasteiger partial charge >= 0.3 is 0 Å². The Labute approximate surface area is 124 Å². The number of carbonyl (C=O) groups excluding carboxylic acids is 1. The van der Waals surface area contributed by atoms with E-state index in [4.69, 9.17) is 0 Å². The van der Waals surface area contributed by atoms with Crippen LogP contribution in [-0.4, -0.2) is 27.1 Å². The molecule has 0 aliphatic heterocycles. The van der Waals surface area contributed by atoms with Crippen molar-refractivity contribution in [3.63, 3.8) is 0 Å². The molecule has 0 fully saturated rings. The van der Waals surface area contributed by atoms with E-state index in [9.17, 15) is 4.79 Å². The van der Waals surface area contributed by atoms with Crippen molar-refractivity contribution in [2.45, 2.75) is 0 Å². The molecule has 2 rings (SSSR count). The van der Waals surface area contributed by atoms with Crippen molar-refractivity contribution in [3.05, 3.63) is 54.1 Å². The first-order valence-electron chi connectivity index (χ1n) is 6.61. The van der Waals surface area contributed by atoms with E-state index in [0.29, 0.717) is 11.3 Å². The number of amides is 1. The second-order valence-electron chi connectivity index (χ2n) is 4.74. The Morgan fingerprint density at radius 1 is 0.905 bits per heavy atom. The van der Waals surface area contributed by atoms with E-state index in [-0.39, 0.29) is 5.91 Å². The van der Waals surface area contributed by atoms with Gasteiger partial charge in [-0.3, -0.25) is 4.79 Å². The van der Waals surface area contributed by atoms with Gasteiger partial charge in [-0.05, 0) is 48.5 Å². The van der Waals surface area contributed by atoms with Crippen molar-refractivity contribution in [1.82, 2.24) is 5.32 Å². The zero-order chi connectivity index (χ0) is 15.2. The van der Waals surface area contributed by atoms with Gasteiger partial charge in [-0.25, -0.2) is 0 Å². The van der Waals surface area contributed by atoms with Crippen LogP contribution in [0.15, 0.2) is 58.8 Å². The smallest absolute Gasteiger partial charge is 0.251 e. The molecule has 0 radical (unpaired) electrons. The summed E-state index contributed by atoms with van der Waals surface area (Å²) in [5, 5.41) is 10.9. The highest BCUT2D eigenvalue weighted by atomic mass is 16.1. The largest absolute Gasteiger partial charge is 0.378 e. The molecule has 0 aromatic heterocycles. The van der Waals surface area contributed by atoms with Crippen LogP contribution in [-0.2, 0) is 0 Å². The highest BCUT2D eigenvalue weighted by Crippen LogP contribution is 2.21. The van der Waals surface area contributed by atoms with Gasteiger partial charge in [-0.15, -0.1) is 0 Å². The van der Waals surface area contributed by atoms with Crippen molar-refractivity contribution >= 4 is 23.0 Å². The van der Waals surface area contributed by atoms with Crippen molar-refractivity contribution in [1.29, 1.82) is 0 Å². The lowest BCUT2D eigenvalue weighted by atomic mass is 10.2. The van der Waals surface area contributed by atoms with Gasteiger partial charge in [0.1, 0.15) is 0 Å². The maximum Gasteiger partial charge on any atom is 0.251 e. The average Bonchev–Trinajstić information content (AvgIpc) is 2.53. The Balaban J connectivity index is 2.08. The van der Waals surface area contributed by atoms with E-state index >= 15 is 0 Å². The normalized spacial score (nSPS) is 10.6. The zero-order valence-corrected chi connectivity index (χ0v) is 12.4. The molecule has 0 bridgehead atoms. The van der Waals surface area contributed by atoms with Crippen LogP contribution in [0.4, 0.5) is 17.1 Å². The SMILES string of the molecule is CNC(=O)c1ccc(N=Nc2ccc(N(C)C)cc2)cc1. The highest BCUT2D eigenvalue weighted by Gasteiger charge is 2.01. The van der Waals surface area contributed by atoms with Crippen LogP contribution in [0.5, 0.6) is 0 Å². The van der Waals surface area contributed by atoms with Crippen LogP contribution < -0.4 is 10.2 Å². The number of benzene rings is 2. The van der Waals surface area contributed by atoms with Crippen molar-refractivity contribution in [2.24, 2.45) is 10.2 Å². The molecular formula is C16H18N4O. The van der Waals surface area contributed by atoms with Crippen LogP contribution in [0.3, 0.4) is 0 Å². The van der Waals surface area contributed by atoms with Crippen LogP contribution in [0, 0.1) is 0 Å². The number of nitrogens with one attached hydrogen (secondary N) is 1. The second-order valence-corrected chi connectivity index (χ2v) is 4.74. The number of hydrogen-bond donors (Lipinski definition) is 1. The molecule has 5 nitrogen and oxygen atoms in total. The van der Waals surface area contributed by atoms with E-state index in [2.05, 4.69) is 15.5 Å². The van der Waals surface area contributed by atoms with Crippen LogP contribution in [0.2, 0.25) is 0 Å². The lowest BCUT2D eigenvalue weighted by Gasteiger charge is -2.11. The zero-order valence-electron chi connectivity index (χ0n) is 12.4. The van der Waals surface area contributed by atoms with Crippen molar-refractivity contribution in [2.75, 3.05) is 26.0 Å². The summed E-state index contributed by atoms with van der Waals surface area (Å²) in [6.07, 6.45) is 0. The average molecular weight is 282 g/mol. The summed E-state index contributed by atoms with van der Waals surface area (Å²) in [5.74, 6) is -0.113. The summed E-state index contributed by atoms with van der Waals surface area (Å²) in [4.78, 5) is 13.4. The van der Waals surface area contributed by atoms with E-state index in [1.54, 1.807) is 31.3 Å². The van der Waals surface area contributed by atoms with Gasteiger partial charge in [0, 0.05) is 32.4 Å². The number of azo groups is 1. The summed E-state index contributed by atoms with van der Waals surface area (Å²) >= 11 is 0. The van der Waals surface area contributed by atoms with E-state index < -0.39 is 0 Å². The molecule has 2 aromatic carbocycles. The summed E-state index contributed by atoms with van der Waals surface area (Å²) < 4.78 is 0. The molecule has 0 unspecified atom stereocenters. The topological polar surface area (TPSA) is 57.1 Å². The highest BCUT2D eigenvalue weighted by molar-refractivity contribution is 5.94. The van der Waals surface area contributed by atoms with Crippen molar-refractivity contribution < 1.29 is 4.79 Å². The minimum absolute atomic E-state index is 0.113. The molecular weight excluding hydrogens is 264 g/mol.